The van der Waals surface area contributed by atoms with E-state index < -0.39 is 0 Å². The fourth-order valence-corrected chi connectivity index (χ4v) is 4.70. The number of hydrogen-bond donors (Lipinski definition) is 0. The van der Waals surface area contributed by atoms with Crippen molar-refractivity contribution >= 4 is 29.1 Å². The van der Waals surface area contributed by atoms with E-state index in [4.69, 9.17) is 0 Å². The van der Waals surface area contributed by atoms with Gasteiger partial charge >= 0.3 is 0 Å². The molecule has 0 saturated carbocycles. The van der Waals surface area contributed by atoms with Gasteiger partial charge in [0.25, 0.3) is 5.91 Å². The Hall–Kier alpha value is -4.71. The van der Waals surface area contributed by atoms with Crippen LogP contribution in [0.15, 0.2) is 121 Å². The molecule has 0 atom stereocenters. The van der Waals surface area contributed by atoms with Gasteiger partial charge in [-0.05, 0) is 35.4 Å². The molecule has 1 fully saturated rings. The summed E-state index contributed by atoms with van der Waals surface area (Å²) >= 11 is 0. The Balaban J connectivity index is 1.38. The molecule has 0 N–H and O–H groups in total. The Morgan fingerprint density at radius 3 is 1.51 bits per heavy atom. The summed E-state index contributed by atoms with van der Waals surface area (Å²) in [4.78, 5) is 44.8. The van der Waals surface area contributed by atoms with Gasteiger partial charge in [0.2, 0.25) is 11.8 Å². The minimum absolute atomic E-state index is 0.1000. The molecule has 4 aromatic carbocycles. The average molecular weight is 490 g/mol. The van der Waals surface area contributed by atoms with E-state index in [1.807, 2.05) is 121 Å². The van der Waals surface area contributed by atoms with Gasteiger partial charge < -0.3 is 9.80 Å². The number of benzene rings is 4. The van der Waals surface area contributed by atoms with Gasteiger partial charge in [-0.25, -0.2) is 0 Å². The minimum Gasteiger partial charge on any atom is -0.322 e. The maximum atomic E-state index is 13.5. The zero-order valence-electron chi connectivity index (χ0n) is 20.3. The molecule has 1 aliphatic heterocycles. The van der Waals surface area contributed by atoms with Crippen molar-refractivity contribution in [1.29, 1.82) is 0 Å². The summed E-state index contributed by atoms with van der Waals surface area (Å²) in [7, 11) is 0. The number of piperazine rings is 1. The van der Waals surface area contributed by atoms with Crippen molar-refractivity contribution in [2.75, 3.05) is 24.5 Å². The van der Waals surface area contributed by atoms with Crippen LogP contribution in [0, 0.1) is 0 Å². The third kappa shape index (κ3) is 5.28. The van der Waals surface area contributed by atoms with Crippen LogP contribution in [0.3, 0.4) is 0 Å². The first kappa shape index (κ1) is 24.0. The van der Waals surface area contributed by atoms with Crippen LogP contribution in [-0.4, -0.2) is 47.2 Å². The molecule has 0 bridgehead atoms. The summed E-state index contributed by atoms with van der Waals surface area (Å²) in [6, 6.07) is 37.6. The third-order valence-electron chi connectivity index (χ3n) is 6.45. The molecule has 1 saturated heterocycles. The summed E-state index contributed by atoms with van der Waals surface area (Å²) in [5.74, 6) is -0.739. The molecule has 184 valence electrons. The number of nitrogens with zero attached hydrogens (tertiary/aromatic N) is 3. The number of carbonyl (C=O) groups excluding carboxylic acids is 3. The highest BCUT2D eigenvalue weighted by molar-refractivity contribution is 6.04. The van der Waals surface area contributed by atoms with E-state index in [1.54, 1.807) is 9.80 Å². The molecule has 3 amide bonds. The first-order valence-electron chi connectivity index (χ1n) is 12.2. The smallest absolute Gasteiger partial charge is 0.251 e. The quantitative estimate of drug-likeness (QED) is 0.374. The van der Waals surface area contributed by atoms with E-state index in [1.165, 1.54) is 4.90 Å². The normalized spacial score (nSPS) is 13.6. The van der Waals surface area contributed by atoms with Gasteiger partial charge in [-0.2, -0.15) is 0 Å². The van der Waals surface area contributed by atoms with Crippen LogP contribution in [0.5, 0.6) is 0 Å². The Labute approximate surface area is 216 Å². The highest BCUT2D eigenvalue weighted by atomic mass is 16.2. The highest BCUT2D eigenvalue weighted by Crippen LogP contribution is 2.31. The van der Waals surface area contributed by atoms with E-state index in [0.717, 1.165) is 11.1 Å². The fourth-order valence-electron chi connectivity index (χ4n) is 4.70. The van der Waals surface area contributed by atoms with Gasteiger partial charge in [0, 0.05) is 11.4 Å². The molecule has 1 heterocycles. The second kappa shape index (κ2) is 10.9. The summed E-state index contributed by atoms with van der Waals surface area (Å²) < 4.78 is 0. The van der Waals surface area contributed by atoms with Crippen molar-refractivity contribution in [3.8, 4) is 0 Å². The molecular formula is C31H27N3O3. The molecule has 0 spiro atoms. The van der Waals surface area contributed by atoms with E-state index in [-0.39, 0.29) is 43.4 Å². The maximum Gasteiger partial charge on any atom is 0.251 e. The lowest BCUT2D eigenvalue weighted by Gasteiger charge is -2.39. The third-order valence-corrected chi connectivity index (χ3v) is 6.45. The number of carbonyl (C=O) groups is 3. The fraction of sp³-hybridized carbons (Fsp3) is 0.129. The summed E-state index contributed by atoms with van der Waals surface area (Å²) in [5, 5.41) is 0. The van der Waals surface area contributed by atoms with E-state index in [2.05, 4.69) is 0 Å². The number of para-hydroxylation sites is 2. The SMILES string of the molecule is O=C1CN(C(c2ccccc2)c2ccccc2)C(=O)CN1CC(=O)N(c1ccccc1)c1ccccc1. The van der Waals surface area contributed by atoms with Crippen molar-refractivity contribution in [2.24, 2.45) is 0 Å². The Morgan fingerprint density at radius 1 is 0.622 bits per heavy atom. The van der Waals surface area contributed by atoms with Gasteiger partial charge in [0.1, 0.15) is 19.6 Å². The first-order chi connectivity index (χ1) is 18.1. The second-order valence-corrected chi connectivity index (χ2v) is 8.90. The number of anilines is 2. The molecule has 37 heavy (non-hydrogen) atoms. The predicted octanol–water partition coefficient (Wildman–Crippen LogP) is 4.81. The molecule has 6 heteroatoms. The van der Waals surface area contributed by atoms with Crippen molar-refractivity contribution in [1.82, 2.24) is 9.80 Å². The average Bonchev–Trinajstić information content (AvgIpc) is 2.94. The standard InChI is InChI=1S/C31H27N3O3/c35-28-23-33(31(24-13-5-1-6-14-24)25-15-7-2-8-16-25)29(36)21-32(28)22-30(37)34(26-17-9-3-10-18-26)27-19-11-4-12-20-27/h1-20,31H,21-23H2. The number of hydrogen-bond acceptors (Lipinski definition) is 3. The largest absolute Gasteiger partial charge is 0.322 e. The van der Waals surface area contributed by atoms with Crippen molar-refractivity contribution in [2.45, 2.75) is 6.04 Å². The zero-order chi connectivity index (χ0) is 25.6. The van der Waals surface area contributed by atoms with Gasteiger partial charge in [-0.1, -0.05) is 97.1 Å². The number of rotatable bonds is 7. The summed E-state index contributed by atoms with van der Waals surface area (Å²) in [6.45, 7) is -0.445. The van der Waals surface area contributed by atoms with Crippen LogP contribution >= 0.6 is 0 Å². The maximum absolute atomic E-state index is 13.5. The Kier molecular flexibility index (Phi) is 7.08. The number of amides is 3. The van der Waals surface area contributed by atoms with E-state index in [0.29, 0.717) is 11.4 Å². The summed E-state index contributed by atoms with van der Waals surface area (Å²) in [6.07, 6.45) is 0. The summed E-state index contributed by atoms with van der Waals surface area (Å²) in [5.41, 5.74) is 3.26. The van der Waals surface area contributed by atoms with Crippen LogP contribution < -0.4 is 4.90 Å². The van der Waals surface area contributed by atoms with Gasteiger partial charge in [-0.3, -0.25) is 19.3 Å². The van der Waals surface area contributed by atoms with E-state index in [9.17, 15) is 14.4 Å². The molecule has 5 rings (SSSR count). The molecule has 1 aliphatic rings. The van der Waals surface area contributed by atoms with Gasteiger partial charge in [-0.15, -0.1) is 0 Å². The Morgan fingerprint density at radius 2 is 1.05 bits per heavy atom. The van der Waals surface area contributed by atoms with Crippen molar-refractivity contribution < 1.29 is 14.4 Å². The molecule has 0 aliphatic carbocycles. The molecular weight excluding hydrogens is 462 g/mol. The first-order valence-corrected chi connectivity index (χ1v) is 12.2. The lowest BCUT2D eigenvalue weighted by molar-refractivity contribution is -0.152. The lowest BCUT2D eigenvalue weighted by atomic mass is 9.96. The topological polar surface area (TPSA) is 60.9 Å². The van der Waals surface area contributed by atoms with Crippen LogP contribution in [0.4, 0.5) is 11.4 Å². The molecule has 0 unspecified atom stereocenters. The van der Waals surface area contributed by atoms with Crippen molar-refractivity contribution in [3.05, 3.63) is 132 Å². The molecule has 0 radical (unpaired) electrons. The molecule has 0 aromatic heterocycles. The van der Waals surface area contributed by atoms with Crippen LogP contribution in [-0.2, 0) is 14.4 Å². The van der Waals surface area contributed by atoms with E-state index >= 15 is 0 Å². The van der Waals surface area contributed by atoms with Crippen LogP contribution in [0.2, 0.25) is 0 Å². The second-order valence-electron chi connectivity index (χ2n) is 8.90. The van der Waals surface area contributed by atoms with Gasteiger partial charge in [0.15, 0.2) is 0 Å². The Bertz CT molecular complexity index is 1280. The zero-order valence-corrected chi connectivity index (χ0v) is 20.3. The minimum atomic E-state index is -0.387. The molecule has 6 nitrogen and oxygen atoms in total. The molecule has 4 aromatic rings. The lowest BCUT2D eigenvalue weighted by Crippen LogP contribution is -2.56. The van der Waals surface area contributed by atoms with Crippen LogP contribution in [0.25, 0.3) is 0 Å². The highest BCUT2D eigenvalue weighted by Gasteiger charge is 2.37. The van der Waals surface area contributed by atoms with Crippen LogP contribution in [0.1, 0.15) is 17.2 Å². The van der Waals surface area contributed by atoms with Crippen molar-refractivity contribution in [3.63, 3.8) is 0 Å². The predicted molar refractivity (Wildman–Crippen MR) is 143 cm³/mol. The monoisotopic (exact) mass is 489 g/mol. The van der Waals surface area contributed by atoms with Gasteiger partial charge in [0.05, 0.1) is 6.04 Å².